The number of aryl methyl sites for hydroxylation is 1. The Kier molecular flexibility index (Phi) is 5.86. The van der Waals surface area contributed by atoms with Gasteiger partial charge in [0.1, 0.15) is 23.4 Å². The Hall–Kier alpha value is -3.30. The van der Waals surface area contributed by atoms with E-state index in [1.54, 1.807) is 6.07 Å². The van der Waals surface area contributed by atoms with Gasteiger partial charge in [-0.1, -0.05) is 0 Å². The second-order valence-electron chi connectivity index (χ2n) is 6.40. The number of nitriles is 1. The zero-order valence-electron chi connectivity index (χ0n) is 15.4. The third-order valence-electron chi connectivity index (χ3n) is 4.26. The number of carbonyl (C=O) groups excluding carboxylic acids is 1. The first kappa shape index (κ1) is 21.4. The summed E-state index contributed by atoms with van der Waals surface area (Å²) in [6.45, 7) is -0.282. The molecule has 30 heavy (non-hydrogen) atoms. The number of benzene rings is 1. The molecule has 12 heteroatoms. The first-order valence-electron chi connectivity index (χ1n) is 8.49. The molecular formula is C18H15F3N4O4S. The van der Waals surface area contributed by atoms with Crippen LogP contribution in [0.4, 0.5) is 18.9 Å². The molecule has 1 aromatic heterocycles. The highest BCUT2D eigenvalue weighted by Crippen LogP contribution is 2.33. The van der Waals surface area contributed by atoms with E-state index in [0.29, 0.717) is 6.08 Å². The summed E-state index contributed by atoms with van der Waals surface area (Å²) < 4.78 is 72.3. The molecule has 1 aliphatic heterocycles. The summed E-state index contributed by atoms with van der Waals surface area (Å²) >= 11 is 0. The number of carbonyl (C=O) groups is 1. The van der Waals surface area contributed by atoms with E-state index < -0.39 is 33.9 Å². The minimum absolute atomic E-state index is 0.115. The molecule has 158 valence electrons. The Bertz CT molecular complexity index is 1180. The molecule has 0 unspecified atom stereocenters. The Morgan fingerprint density at radius 2 is 2.20 bits per heavy atom. The van der Waals surface area contributed by atoms with Crippen molar-refractivity contribution in [3.63, 3.8) is 0 Å². The Morgan fingerprint density at radius 3 is 2.87 bits per heavy atom. The Morgan fingerprint density at radius 1 is 1.47 bits per heavy atom. The molecule has 0 aliphatic carbocycles. The molecule has 8 nitrogen and oxygen atoms in total. The smallest absolute Gasteiger partial charge is 0.276 e. The number of hydrogen-bond donors (Lipinski definition) is 2. The highest BCUT2D eigenvalue weighted by molar-refractivity contribution is 7.89. The molecule has 0 saturated carbocycles. The molecule has 1 aromatic carbocycles. The van der Waals surface area contributed by atoms with Crippen molar-refractivity contribution in [2.45, 2.75) is 17.4 Å². The van der Waals surface area contributed by atoms with Crippen LogP contribution in [-0.2, 0) is 17.1 Å². The van der Waals surface area contributed by atoms with Gasteiger partial charge in [-0.15, -0.1) is 0 Å². The van der Waals surface area contributed by atoms with E-state index in [-0.39, 0.29) is 40.6 Å². The lowest BCUT2D eigenvalue weighted by atomic mass is 10.2. The second-order valence-corrected chi connectivity index (χ2v) is 8.08. The van der Waals surface area contributed by atoms with E-state index in [2.05, 4.69) is 10.0 Å². The van der Waals surface area contributed by atoms with Gasteiger partial charge in [-0.3, -0.25) is 4.79 Å². The molecule has 0 radical (unpaired) electrons. The van der Waals surface area contributed by atoms with Crippen LogP contribution in [0.1, 0.15) is 22.5 Å². The Labute approximate surface area is 169 Å². The van der Waals surface area contributed by atoms with E-state index in [1.807, 2.05) is 0 Å². The van der Waals surface area contributed by atoms with E-state index in [9.17, 15) is 26.4 Å². The number of fused-ring (bicyclic) bond motifs is 1. The van der Waals surface area contributed by atoms with Crippen LogP contribution in [0.25, 0.3) is 0 Å². The number of rotatable bonds is 4. The Balaban J connectivity index is 1.93. The maximum absolute atomic E-state index is 13.5. The summed E-state index contributed by atoms with van der Waals surface area (Å²) in [5, 5.41) is 11.4. The third-order valence-corrected chi connectivity index (χ3v) is 5.77. The third kappa shape index (κ3) is 4.32. The van der Waals surface area contributed by atoms with Crippen LogP contribution in [0.3, 0.4) is 0 Å². The van der Waals surface area contributed by atoms with E-state index in [0.717, 1.165) is 18.3 Å². The fourth-order valence-corrected chi connectivity index (χ4v) is 4.32. The van der Waals surface area contributed by atoms with Crippen molar-refractivity contribution in [3.8, 4) is 11.8 Å². The van der Waals surface area contributed by atoms with Gasteiger partial charge >= 0.3 is 0 Å². The highest BCUT2D eigenvalue weighted by Gasteiger charge is 2.34. The van der Waals surface area contributed by atoms with Gasteiger partial charge in [0.15, 0.2) is 11.4 Å². The topological polar surface area (TPSA) is 113 Å². The zero-order valence-corrected chi connectivity index (χ0v) is 16.3. The number of amides is 1. The minimum atomic E-state index is -4.14. The van der Waals surface area contributed by atoms with Gasteiger partial charge in [-0.05, 0) is 30.7 Å². The van der Waals surface area contributed by atoms with Crippen molar-refractivity contribution in [2.24, 2.45) is 7.05 Å². The second kappa shape index (κ2) is 8.21. The first-order chi connectivity index (χ1) is 14.1. The number of ether oxygens (including phenoxy) is 1. The number of halogens is 3. The summed E-state index contributed by atoms with van der Waals surface area (Å²) in [5.74, 6) is -1.76. The summed E-state index contributed by atoms with van der Waals surface area (Å²) in [6.07, 6.45) is -0.521. The van der Waals surface area contributed by atoms with Crippen molar-refractivity contribution in [2.75, 3.05) is 11.9 Å². The van der Waals surface area contributed by atoms with Gasteiger partial charge in [0.25, 0.3) is 12.0 Å². The number of sulfonamides is 1. The fourth-order valence-electron chi connectivity index (χ4n) is 2.90. The van der Waals surface area contributed by atoms with Crippen molar-refractivity contribution in [1.29, 1.82) is 5.26 Å². The van der Waals surface area contributed by atoms with Crippen LogP contribution in [0.15, 0.2) is 41.4 Å². The van der Waals surface area contributed by atoms with Gasteiger partial charge in [0, 0.05) is 18.9 Å². The van der Waals surface area contributed by atoms with Gasteiger partial charge in [0.05, 0.1) is 11.6 Å². The van der Waals surface area contributed by atoms with Crippen LogP contribution >= 0.6 is 0 Å². The lowest BCUT2D eigenvalue weighted by Gasteiger charge is -2.13. The highest BCUT2D eigenvalue weighted by atomic mass is 32.2. The normalized spacial score (nSPS) is 17.1. The summed E-state index contributed by atoms with van der Waals surface area (Å²) in [5.41, 5.74) is -0.312. The van der Waals surface area contributed by atoms with Gasteiger partial charge in [-0.25, -0.2) is 17.5 Å². The predicted octanol–water partition coefficient (Wildman–Crippen LogP) is 2.50. The number of nitrogens with one attached hydrogen (secondary N) is 2. The zero-order chi connectivity index (χ0) is 22.1. The first-order valence-corrected chi connectivity index (χ1v) is 9.97. The molecule has 0 bridgehead atoms. The lowest BCUT2D eigenvalue weighted by molar-refractivity contribution is 0.101. The number of aromatic nitrogens is 1. The molecule has 2 heterocycles. The van der Waals surface area contributed by atoms with Gasteiger partial charge in [-0.2, -0.15) is 14.0 Å². The summed E-state index contributed by atoms with van der Waals surface area (Å²) in [4.78, 5) is 12.4. The summed E-state index contributed by atoms with van der Waals surface area (Å²) in [7, 11) is -2.72. The van der Waals surface area contributed by atoms with E-state index >= 15 is 0 Å². The van der Waals surface area contributed by atoms with Crippen LogP contribution in [0.2, 0.25) is 0 Å². The molecule has 0 spiro atoms. The SMILES string of the molecule is Cn1cc2c(c1C(=O)Nc1ccc(F)c(C#N)c1)OC[C@H](CC=C(F)F)NS2(=O)=O. The van der Waals surface area contributed by atoms with Crippen LogP contribution in [-0.4, -0.2) is 31.5 Å². The maximum atomic E-state index is 13.5. The van der Waals surface area contributed by atoms with Crippen LogP contribution < -0.4 is 14.8 Å². The van der Waals surface area contributed by atoms with Crippen molar-refractivity contribution in [1.82, 2.24) is 9.29 Å². The molecule has 1 atom stereocenters. The fraction of sp³-hybridized carbons (Fsp3) is 0.222. The average molecular weight is 440 g/mol. The molecule has 0 saturated heterocycles. The van der Waals surface area contributed by atoms with Crippen molar-refractivity contribution >= 4 is 21.6 Å². The molecule has 3 rings (SSSR count). The number of anilines is 1. The molecule has 2 aromatic rings. The average Bonchev–Trinajstić information content (AvgIpc) is 2.96. The minimum Gasteiger partial charge on any atom is -0.488 e. The quantitative estimate of drug-likeness (QED) is 0.759. The van der Waals surface area contributed by atoms with E-state index in [4.69, 9.17) is 10.00 Å². The van der Waals surface area contributed by atoms with Crippen LogP contribution in [0.5, 0.6) is 5.75 Å². The molecule has 1 amide bonds. The number of nitrogens with zero attached hydrogens (tertiary/aromatic N) is 2. The van der Waals surface area contributed by atoms with Crippen molar-refractivity contribution in [3.05, 3.63) is 53.6 Å². The molecule has 0 fully saturated rings. The predicted molar refractivity (Wildman–Crippen MR) is 99.0 cm³/mol. The van der Waals surface area contributed by atoms with Crippen LogP contribution in [0, 0.1) is 17.1 Å². The van der Waals surface area contributed by atoms with E-state index in [1.165, 1.54) is 17.7 Å². The standard InChI is InChI=1S/C18H15F3N4O4S/c1-25-8-14-17(29-9-12(3-5-15(20)21)24-30(14,27)28)16(25)18(26)23-11-2-4-13(19)10(6-11)7-22/h2,4-6,8,12,24H,3,9H2,1H3,(H,23,26)/t12-/m0/s1. The lowest BCUT2D eigenvalue weighted by Crippen LogP contribution is -2.36. The molecular weight excluding hydrogens is 425 g/mol. The van der Waals surface area contributed by atoms with Crippen molar-refractivity contribution < 1.29 is 31.1 Å². The maximum Gasteiger partial charge on any atom is 0.276 e. The molecule has 2 N–H and O–H groups in total. The number of hydrogen-bond acceptors (Lipinski definition) is 5. The van der Waals surface area contributed by atoms with Gasteiger partial charge in [0.2, 0.25) is 10.0 Å². The largest absolute Gasteiger partial charge is 0.488 e. The molecule has 1 aliphatic rings. The summed E-state index contributed by atoms with van der Waals surface area (Å²) in [6, 6.07) is 4.06. The van der Waals surface area contributed by atoms with Gasteiger partial charge < -0.3 is 14.6 Å². The monoisotopic (exact) mass is 440 g/mol.